The Morgan fingerprint density at radius 3 is 1.41 bits per heavy atom. The van der Waals surface area contributed by atoms with Crippen molar-refractivity contribution in [2.45, 2.75) is 26.3 Å². The van der Waals surface area contributed by atoms with Crippen molar-refractivity contribution in [2.24, 2.45) is 0 Å². The van der Waals surface area contributed by atoms with Gasteiger partial charge in [-0.3, -0.25) is 0 Å². The Kier molecular flexibility index (Phi) is 13.0. The summed E-state index contributed by atoms with van der Waals surface area (Å²) in [6.07, 6.45) is 8.01. The van der Waals surface area contributed by atoms with Crippen LogP contribution >= 0.6 is 46.4 Å². The molecule has 0 aliphatic carbocycles. The van der Waals surface area contributed by atoms with E-state index < -0.39 is 11.9 Å². The van der Waals surface area contributed by atoms with Crippen molar-refractivity contribution in [1.82, 2.24) is 29.5 Å². The lowest BCUT2D eigenvalue weighted by atomic mass is 10.1. The summed E-state index contributed by atoms with van der Waals surface area (Å²) in [6.45, 7) is 0.485. The van der Waals surface area contributed by atoms with E-state index in [0.717, 1.165) is 12.5 Å². The first-order valence-corrected chi connectivity index (χ1v) is 17.5. The molecule has 0 radical (unpaired) electrons. The highest BCUT2D eigenvalue weighted by Crippen LogP contribution is 2.31. The number of para-hydroxylation sites is 2. The second kappa shape index (κ2) is 18.4. The number of carbonyl (C=O) groups excluding carboxylic acids is 2. The first-order chi connectivity index (χ1) is 26.2. The van der Waals surface area contributed by atoms with E-state index in [2.05, 4.69) is 20.2 Å². The molecule has 0 atom stereocenters. The van der Waals surface area contributed by atoms with Gasteiger partial charge in [0.25, 0.3) is 0 Å². The summed E-state index contributed by atoms with van der Waals surface area (Å²) in [5.41, 5.74) is 3.42. The quantitative estimate of drug-likeness (QED) is 0.0600. The molecule has 6 aromatic rings. The first-order valence-electron chi connectivity index (χ1n) is 16.0. The van der Waals surface area contributed by atoms with Gasteiger partial charge in [-0.1, -0.05) is 94.9 Å². The summed E-state index contributed by atoms with van der Waals surface area (Å²) in [7, 11) is 0. The van der Waals surface area contributed by atoms with Crippen LogP contribution in [0, 0.1) is 0 Å². The SMILES string of the molecule is O=C(OC=C(Cn1cncn1)c1ccccc1OCc1ccc(Cl)cc1Cl)C(=O)OC=C(Cn1cncn1)c1ccccc1OCc1ccc(Cl)cc1Cl. The number of ether oxygens (including phenoxy) is 4. The van der Waals surface area contributed by atoms with Gasteiger partial charge >= 0.3 is 11.9 Å². The summed E-state index contributed by atoms with van der Waals surface area (Å²) in [6, 6.07) is 24.4. The summed E-state index contributed by atoms with van der Waals surface area (Å²) in [4.78, 5) is 34.1. The second-order valence-electron chi connectivity index (χ2n) is 11.3. The molecular weight excluding hydrogens is 778 g/mol. The maximum atomic E-state index is 13.1. The summed E-state index contributed by atoms with van der Waals surface area (Å²) in [5, 5.41) is 10.2. The molecule has 0 N–H and O–H groups in total. The van der Waals surface area contributed by atoms with E-state index in [9.17, 15) is 9.59 Å². The number of rotatable bonds is 14. The number of esters is 2. The van der Waals surface area contributed by atoms with Gasteiger partial charge in [0.2, 0.25) is 0 Å². The van der Waals surface area contributed by atoms with E-state index in [1.54, 1.807) is 84.9 Å². The van der Waals surface area contributed by atoms with Crippen LogP contribution in [-0.2, 0) is 45.4 Å². The van der Waals surface area contributed by atoms with E-state index >= 15 is 0 Å². The van der Waals surface area contributed by atoms with Crippen molar-refractivity contribution in [2.75, 3.05) is 0 Å². The first kappa shape index (κ1) is 38.1. The Labute approximate surface area is 329 Å². The number of benzene rings is 4. The van der Waals surface area contributed by atoms with Gasteiger partial charge in [-0.25, -0.2) is 28.9 Å². The number of allylic oxidation sites excluding steroid dienone is 2. The van der Waals surface area contributed by atoms with Gasteiger partial charge in [0, 0.05) is 53.5 Å². The lowest BCUT2D eigenvalue weighted by Crippen LogP contribution is -2.17. The molecule has 0 fully saturated rings. The van der Waals surface area contributed by atoms with Crippen LogP contribution in [0.5, 0.6) is 11.5 Å². The fourth-order valence-electron chi connectivity index (χ4n) is 5.00. The van der Waals surface area contributed by atoms with Crippen molar-refractivity contribution in [3.8, 4) is 11.5 Å². The number of carbonyl (C=O) groups is 2. The zero-order valence-electron chi connectivity index (χ0n) is 28.0. The Morgan fingerprint density at radius 2 is 1.02 bits per heavy atom. The summed E-state index contributed by atoms with van der Waals surface area (Å²) in [5.74, 6) is -1.66. The number of nitrogens with zero attached hydrogens (tertiary/aromatic N) is 6. The van der Waals surface area contributed by atoms with Crippen LogP contribution in [0.1, 0.15) is 22.3 Å². The molecule has 54 heavy (non-hydrogen) atoms. The molecule has 0 bridgehead atoms. The maximum Gasteiger partial charge on any atom is 0.422 e. The number of hydrogen-bond acceptors (Lipinski definition) is 10. The molecule has 0 spiro atoms. The van der Waals surface area contributed by atoms with E-state index in [-0.39, 0.29) is 26.3 Å². The van der Waals surface area contributed by atoms with E-state index in [4.69, 9.17) is 65.4 Å². The number of halogens is 4. The molecule has 4 aromatic carbocycles. The molecular formula is C38H28Cl4N6O6. The molecule has 12 nitrogen and oxygen atoms in total. The Morgan fingerprint density at radius 1 is 0.593 bits per heavy atom. The zero-order valence-corrected chi connectivity index (χ0v) is 31.0. The molecule has 6 rings (SSSR count). The fraction of sp³-hybridized carbons (Fsp3) is 0.105. The smallest absolute Gasteiger partial charge is 0.422 e. The Balaban J connectivity index is 1.21. The lowest BCUT2D eigenvalue weighted by Gasteiger charge is -2.15. The minimum atomic E-state index is -1.28. The zero-order chi connectivity index (χ0) is 37.9. The molecule has 2 aromatic heterocycles. The van der Waals surface area contributed by atoms with Crippen molar-refractivity contribution in [3.63, 3.8) is 0 Å². The monoisotopic (exact) mass is 804 g/mol. The third kappa shape index (κ3) is 10.3. The van der Waals surface area contributed by atoms with Crippen LogP contribution in [0.15, 0.2) is 123 Å². The molecule has 16 heteroatoms. The minimum absolute atomic E-state index is 0.115. The van der Waals surface area contributed by atoms with E-state index in [0.29, 0.717) is 65.0 Å². The van der Waals surface area contributed by atoms with Gasteiger partial charge in [0.1, 0.15) is 62.5 Å². The van der Waals surface area contributed by atoms with Crippen LogP contribution in [-0.4, -0.2) is 41.5 Å². The van der Waals surface area contributed by atoms with Gasteiger partial charge in [-0.15, -0.1) is 0 Å². The highest BCUT2D eigenvalue weighted by Gasteiger charge is 2.20. The molecule has 0 saturated carbocycles. The van der Waals surface area contributed by atoms with E-state index in [1.807, 2.05) is 0 Å². The Hall–Kier alpha value is -5.66. The van der Waals surface area contributed by atoms with Crippen LogP contribution in [0.2, 0.25) is 20.1 Å². The molecule has 0 unspecified atom stereocenters. The minimum Gasteiger partial charge on any atom is -0.488 e. The van der Waals surface area contributed by atoms with Crippen molar-refractivity contribution in [3.05, 3.63) is 165 Å². The number of aromatic nitrogens is 6. The van der Waals surface area contributed by atoms with Gasteiger partial charge in [-0.05, 0) is 36.4 Å². The highest BCUT2D eigenvalue weighted by atomic mass is 35.5. The molecule has 0 saturated heterocycles. The molecule has 2 heterocycles. The van der Waals surface area contributed by atoms with Crippen LogP contribution in [0.4, 0.5) is 0 Å². The predicted molar refractivity (Wildman–Crippen MR) is 203 cm³/mol. The average Bonchev–Trinajstić information content (AvgIpc) is 3.89. The summed E-state index contributed by atoms with van der Waals surface area (Å²) >= 11 is 24.8. The standard InChI is InChI=1S/C38H28Cl4N6O6/c39-29-11-9-25(33(41)13-29)17-51-35-7-3-1-5-31(35)27(15-47-23-43-21-45-47)19-53-37(49)38(50)54-20-28(16-48-24-44-22-46-48)32-6-2-4-8-36(32)52-18-26-10-12-30(40)14-34(26)42/h1-14,19-24H,15-18H2. The largest absolute Gasteiger partial charge is 0.488 e. The van der Waals surface area contributed by atoms with Gasteiger partial charge in [-0.2, -0.15) is 10.2 Å². The maximum absolute atomic E-state index is 13.1. The second-order valence-corrected chi connectivity index (χ2v) is 13.0. The van der Waals surface area contributed by atoms with Gasteiger partial charge in [0.15, 0.2) is 0 Å². The van der Waals surface area contributed by atoms with Gasteiger partial charge in [0.05, 0.1) is 13.1 Å². The van der Waals surface area contributed by atoms with Crippen LogP contribution < -0.4 is 9.47 Å². The van der Waals surface area contributed by atoms with Crippen molar-refractivity contribution < 1.29 is 28.5 Å². The normalized spacial score (nSPS) is 11.6. The van der Waals surface area contributed by atoms with Crippen LogP contribution in [0.3, 0.4) is 0 Å². The Bertz CT molecular complexity index is 2140. The molecule has 274 valence electrons. The van der Waals surface area contributed by atoms with Crippen molar-refractivity contribution >= 4 is 69.5 Å². The van der Waals surface area contributed by atoms with E-state index in [1.165, 1.54) is 34.7 Å². The fourth-order valence-corrected chi connectivity index (χ4v) is 5.93. The predicted octanol–water partition coefficient (Wildman–Crippen LogP) is 8.51. The van der Waals surface area contributed by atoms with Gasteiger partial charge < -0.3 is 18.9 Å². The number of hydrogen-bond donors (Lipinski definition) is 0. The lowest BCUT2D eigenvalue weighted by molar-refractivity contribution is -0.160. The molecule has 0 amide bonds. The van der Waals surface area contributed by atoms with Crippen molar-refractivity contribution in [1.29, 1.82) is 0 Å². The summed E-state index contributed by atoms with van der Waals surface area (Å²) < 4.78 is 26.0. The topological polar surface area (TPSA) is 132 Å². The van der Waals surface area contributed by atoms with Crippen LogP contribution in [0.25, 0.3) is 11.1 Å². The molecule has 0 aliphatic rings. The average molecular weight is 806 g/mol. The third-order valence-electron chi connectivity index (χ3n) is 7.64. The highest BCUT2D eigenvalue weighted by molar-refractivity contribution is 6.35. The molecule has 0 aliphatic heterocycles. The third-order valence-corrected chi connectivity index (χ3v) is 8.82.